The maximum absolute atomic E-state index is 12.5. The van der Waals surface area contributed by atoms with E-state index < -0.39 is 13.9 Å². The van der Waals surface area contributed by atoms with Crippen molar-refractivity contribution in [2.24, 2.45) is 5.73 Å². The van der Waals surface area contributed by atoms with Crippen LogP contribution >= 0.6 is 7.82 Å². The molecule has 51 heavy (non-hydrogen) atoms. The Hall–Kier alpha value is -1.18. The Kier molecular flexibility index (Phi) is 39.1. The van der Waals surface area contributed by atoms with E-state index in [1.807, 2.05) is 6.08 Å². The summed E-state index contributed by atoms with van der Waals surface area (Å²) in [6.45, 7) is 4.24. The van der Waals surface area contributed by atoms with E-state index in [-0.39, 0.29) is 32.3 Å². The van der Waals surface area contributed by atoms with Gasteiger partial charge in [-0.1, -0.05) is 167 Å². The van der Waals surface area contributed by atoms with Crippen LogP contribution in [-0.4, -0.2) is 43.3 Å². The first-order valence-corrected chi connectivity index (χ1v) is 22.9. The summed E-state index contributed by atoms with van der Waals surface area (Å²) in [5.74, 6) is -0.359. The molecule has 0 aliphatic rings. The van der Waals surface area contributed by atoms with Crippen LogP contribution in [0.15, 0.2) is 24.5 Å². The largest absolute Gasteiger partial charge is 0.498 e. The summed E-state index contributed by atoms with van der Waals surface area (Å²) in [5.41, 5.74) is 5.36. The summed E-state index contributed by atoms with van der Waals surface area (Å²) >= 11 is 0. The topological polar surface area (TPSA) is 117 Å². The van der Waals surface area contributed by atoms with Crippen molar-refractivity contribution < 1.29 is 32.8 Å². The Morgan fingerprint density at radius 1 is 0.588 bits per heavy atom. The van der Waals surface area contributed by atoms with Crippen molar-refractivity contribution in [1.29, 1.82) is 0 Å². The molecule has 3 N–H and O–H groups in total. The molecule has 0 aliphatic heterocycles. The molecule has 0 saturated carbocycles. The number of allylic oxidation sites excluding steroid dienone is 3. The van der Waals surface area contributed by atoms with Gasteiger partial charge in [-0.05, 0) is 51.0 Å². The summed E-state index contributed by atoms with van der Waals surface area (Å²) in [6, 6.07) is 0. The van der Waals surface area contributed by atoms with Crippen LogP contribution in [0.3, 0.4) is 0 Å². The lowest BCUT2D eigenvalue weighted by molar-refractivity contribution is -0.153. The third kappa shape index (κ3) is 39.9. The van der Waals surface area contributed by atoms with Crippen molar-refractivity contribution in [1.82, 2.24) is 0 Å². The van der Waals surface area contributed by atoms with Crippen molar-refractivity contribution in [2.45, 2.75) is 213 Å². The Bertz CT molecular complexity index is 838. The lowest BCUT2D eigenvalue weighted by Crippen LogP contribution is -2.27. The molecule has 0 heterocycles. The minimum Gasteiger partial charge on any atom is -0.498 e. The van der Waals surface area contributed by atoms with Crippen LogP contribution in [0, 0.1) is 0 Å². The van der Waals surface area contributed by atoms with E-state index in [4.69, 9.17) is 24.3 Å². The predicted molar refractivity (Wildman–Crippen MR) is 215 cm³/mol. The number of nitrogens with two attached hydrogens (primary N) is 1. The van der Waals surface area contributed by atoms with Crippen LogP contribution in [0.25, 0.3) is 0 Å². The second-order valence-electron chi connectivity index (χ2n) is 14.3. The molecule has 1 unspecified atom stereocenters. The van der Waals surface area contributed by atoms with Gasteiger partial charge in [0.05, 0.1) is 19.5 Å². The second-order valence-corrected chi connectivity index (χ2v) is 15.7. The molecule has 0 aromatic heterocycles. The van der Waals surface area contributed by atoms with E-state index in [1.165, 1.54) is 141 Å². The zero-order valence-electron chi connectivity index (χ0n) is 33.3. The Morgan fingerprint density at radius 2 is 1.00 bits per heavy atom. The molecular formula is C42H82NO7P. The molecule has 0 saturated heterocycles. The van der Waals surface area contributed by atoms with Crippen molar-refractivity contribution in [3.8, 4) is 0 Å². The molecule has 0 aromatic rings. The standard InChI is InChI=1S/C42H82NO7P/c1-3-5-7-9-11-13-15-17-19-20-21-22-24-26-28-30-32-34-37-47-39-41(40-49-51(45,46)48-38-36-43)50-42(44)35-33-31-29-27-25-23-18-16-14-12-10-8-6-4-2/h16,18,34,37,41H,3-15,17,19-33,35-36,38-40,43H2,1-2H3,(H,45,46)/b18-16+,37-34+/t41-/m1/s1. The van der Waals surface area contributed by atoms with Crippen LogP contribution in [0.5, 0.6) is 0 Å². The summed E-state index contributed by atoms with van der Waals surface area (Å²) < 4.78 is 33.1. The third-order valence-electron chi connectivity index (χ3n) is 9.19. The Labute approximate surface area is 315 Å². The van der Waals surface area contributed by atoms with E-state index in [0.717, 1.165) is 44.9 Å². The fourth-order valence-corrected chi connectivity index (χ4v) is 6.78. The molecule has 302 valence electrons. The average Bonchev–Trinajstić information content (AvgIpc) is 3.12. The predicted octanol–water partition coefficient (Wildman–Crippen LogP) is 12.8. The minimum absolute atomic E-state index is 0.0321. The van der Waals surface area contributed by atoms with Crippen LogP contribution in [-0.2, 0) is 27.9 Å². The Morgan fingerprint density at radius 3 is 1.45 bits per heavy atom. The van der Waals surface area contributed by atoms with Gasteiger partial charge in [0.15, 0.2) is 6.10 Å². The van der Waals surface area contributed by atoms with E-state index in [2.05, 4.69) is 26.0 Å². The first kappa shape index (κ1) is 49.8. The molecule has 0 rings (SSSR count). The number of hydrogen-bond acceptors (Lipinski definition) is 7. The van der Waals surface area contributed by atoms with Gasteiger partial charge < -0.3 is 20.1 Å². The van der Waals surface area contributed by atoms with Crippen LogP contribution < -0.4 is 5.73 Å². The number of phosphoric ester groups is 1. The van der Waals surface area contributed by atoms with Gasteiger partial charge in [-0.25, -0.2) is 4.57 Å². The fraction of sp³-hybridized carbons (Fsp3) is 0.881. The number of esters is 1. The molecule has 2 atom stereocenters. The van der Waals surface area contributed by atoms with Gasteiger partial charge in [0.2, 0.25) is 0 Å². The molecule has 0 bridgehead atoms. The molecule has 0 amide bonds. The lowest BCUT2D eigenvalue weighted by atomic mass is 10.0. The van der Waals surface area contributed by atoms with Crippen LogP contribution in [0.4, 0.5) is 0 Å². The second kappa shape index (κ2) is 40.0. The summed E-state index contributed by atoms with van der Waals surface area (Å²) in [5, 5.41) is 0. The molecule has 0 aliphatic carbocycles. The molecule has 8 nitrogen and oxygen atoms in total. The highest BCUT2D eigenvalue weighted by atomic mass is 31.2. The van der Waals surface area contributed by atoms with Crippen molar-refractivity contribution in [2.75, 3.05) is 26.4 Å². The quantitative estimate of drug-likeness (QED) is 0.0209. The van der Waals surface area contributed by atoms with E-state index in [9.17, 15) is 14.3 Å². The zero-order chi connectivity index (χ0) is 37.4. The highest BCUT2D eigenvalue weighted by Crippen LogP contribution is 2.43. The number of phosphoric acid groups is 1. The zero-order valence-corrected chi connectivity index (χ0v) is 34.2. The van der Waals surface area contributed by atoms with Gasteiger partial charge in [0, 0.05) is 13.0 Å². The minimum atomic E-state index is -4.29. The van der Waals surface area contributed by atoms with Gasteiger partial charge in [-0.15, -0.1) is 0 Å². The smallest absolute Gasteiger partial charge is 0.472 e. The van der Waals surface area contributed by atoms with Gasteiger partial charge >= 0.3 is 13.8 Å². The lowest BCUT2D eigenvalue weighted by Gasteiger charge is -2.19. The number of hydrogen-bond donors (Lipinski definition) is 2. The number of rotatable bonds is 41. The van der Waals surface area contributed by atoms with Crippen LogP contribution in [0.1, 0.15) is 206 Å². The molecule has 0 aromatic carbocycles. The van der Waals surface area contributed by atoms with Gasteiger partial charge in [-0.3, -0.25) is 13.8 Å². The van der Waals surface area contributed by atoms with Gasteiger partial charge in [0.25, 0.3) is 0 Å². The van der Waals surface area contributed by atoms with Crippen molar-refractivity contribution in [3.63, 3.8) is 0 Å². The number of ether oxygens (including phenoxy) is 2. The molecule has 0 spiro atoms. The molecular weight excluding hydrogens is 661 g/mol. The maximum atomic E-state index is 12.5. The Balaban J connectivity index is 4.07. The number of carbonyl (C=O) groups is 1. The van der Waals surface area contributed by atoms with Crippen molar-refractivity contribution in [3.05, 3.63) is 24.5 Å². The first-order chi connectivity index (χ1) is 24.9. The average molecular weight is 744 g/mol. The summed E-state index contributed by atoms with van der Waals surface area (Å²) in [6.07, 6.45) is 44.3. The molecule has 9 heteroatoms. The number of unbranched alkanes of at least 4 members (excludes halogenated alkanes) is 26. The maximum Gasteiger partial charge on any atom is 0.472 e. The molecule has 0 fully saturated rings. The van der Waals surface area contributed by atoms with Gasteiger partial charge in [-0.2, -0.15) is 0 Å². The van der Waals surface area contributed by atoms with Crippen LogP contribution in [0.2, 0.25) is 0 Å². The third-order valence-corrected chi connectivity index (χ3v) is 10.2. The number of carbonyl (C=O) groups excluding carboxylic acids is 1. The van der Waals surface area contributed by atoms with E-state index in [1.54, 1.807) is 6.26 Å². The monoisotopic (exact) mass is 744 g/mol. The van der Waals surface area contributed by atoms with Crippen molar-refractivity contribution >= 4 is 13.8 Å². The van der Waals surface area contributed by atoms with E-state index in [0.29, 0.717) is 6.42 Å². The highest BCUT2D eigenvalue weighted by Gasteiger charge is 2.25. The summed E-state index contributed by atoms with van der Waals surface area (Å²) in [4.78, 5) is 22.4. The first-order valence-electron chi connectivity index (χ1n) is 21.4. The van der Waals surface area contributed by atoms with Gasteiger partial charge in [0.1, 0.15) is 6.61 Å². The van der Waals surface area contributed by atoms with E-state index >= 15 is 0 Å². The normalized spacial score (nSPS) is 13.6. The fourth-order valence-electron chi connectivity index (χ4n) is 6.02. The summed E-state index contributed by atoms with van der Waals surface area (Å²) in [7, 11) is -4.29. The highest BCUT2D eigenvalue weighted by molar-refractivity contribution is 7.47. The SMILES string of the molecule is CCCCCCC/C=C/CCCCCCCC(=O)O[C@H](CO/C=C/CCCCCCCCCCCCCCCCCC)COP(=O)(O)OCCN. The molecule has 0 radical (unpaired) electrons.